The minimum absolute atomic E-state index is 0.590. The van der Waals surface area contributed by atoms with E-state index in [9.17, 15) is 0 Å². The normalized spacial score (nSPS) is 9.62. The molecule has 3 nitrogen and oxygen atoms in total. The predicted octanol–water partition coefficient (Wildman–Crippen LogP) is 0.485. The van der Waals surface area contributed by atoms with Crippen LogP contribution in [-0.2, 0) is 6.54 Å². The monoisotopic (exact) mass is 111 g/mol. The van der Waals surface area contributed by atoms with Crippen LogP contribution in [0, 0.1) is 0 Å². The van der Waals surface area contributed by atoms with Crippen LogP contribution in [0.1, 0.15) is 6.92 Å². The molecule has 0 aliphatic rings. The fourth-order valence-electron chi connectivity index (χ4n) is 0.608. The van der Waals surface area contributed by atoms with E-state index in [2.05, 4.69) is 4.98 Å². The lowest BCUT2D eigenvalue weighted by atomic mass is 10.7. The summed E-state index contributed by atoms with van der Waals surface area (Å²) in [5.41, 5.74) is 5.40. The molecule has 0 aliphatic carbocycles. The van der Waals surface area contributed by atoms with Gasteiger partial charge in [-0.25, -0.2) is 4.98 Å². The Bertz CT molecular complexity index is 168. The Morgan fingerprint density at radius 1 is 1.88 bits per heavy atom. The van der Waals surface area contributed by atoms with E-state index in [1.807, 2.05) is 17.7 Å². The number of nitrogens with two attached hydrogens (primary N) is 1. The molecule has 0 amide bonds. The Kier molecular flexibility index (Phi) is 1.20. The standard InChI is InChI=1S/C5H9N3/c1-2-8-4-3-7-5(8)6/h3-4H,2H2,1H3,(H2,6,7). The quantitative estimate of drug-likeness (QED) is 0.573. The van der Waals surface area contributed by atoms with Crippen LogP contribution in [0.2, 0.25) is 0 Å². The van der Waals surface area contributed by atoms with Crippen molar-refractivity contribution in [2.75, 3.05) is 5.73 Å². The van der Waals surface area contributed by atoms with Gasteiger partial charge in [-0.3, -0.25) is 0 Å². The summed E-state index contributed by atoms with van der Waals surface area (Å²) in [7, 11) is 0. The summed E-state index contributed by atoms with van der Waals surface area (Å²) in [5.74, 6) is 0.590. The molecule has 0 unspecified atom stereocenters. The molecule has 0 saturated heterocycles. The van der Waals surface area contributed by atoms with Crippen molar-refractivity contribution in [3.8, 4) is 0 Å². The van der Waals surface area contributed by atoms with Gasteiger partial charge in [0.1, 0.15) is 0 Å². The van der Waals surface area contributed by atoms with Crippen molar-refractivity contribution in [2.24, 2.45) is 0 Å². The van der Waals surface area contributed by atoms with E-state index in [-0.39, 0.29) is 0 Å². The maximum atomic E-state index is 5.40. The van der Waals surface area contributed by atoms with Crippen LogP contribution in [0.3, 0.4) is 0 Å². The molecule has 1 heterocycles. The largest absolute Gasteiger partial charge is 0.369 e. The number of nitrogens with zero attached hydrogens (tertiary/aromatic N) is 2. The number of hydrogen-bond donors (Lipinski definition) is 1. The van der Waals surface area contributed by atoms with Gasteiger partial charge >= 0.3 is 0 Å². The lowest BCUT2D eigenvalue weighted by Crippen LogP contribution is -1.98. The van der Waals surface area contributed by atoms with E-state index in [4.69, 9.17) is 5.73 Å². The zero-order valence-corrected chi connectivity index (χ0v) is 4.83. The lowest BCUT2D eigenvalue weighted by molar-refractivity contribution is 0.774. The molecule has 0 aliphatic heterocycles. The van der Waals surface area contributed by atoms with E-state index in [0.717, 1.165) is 6.54 Å². The fourth-order valence-corrected chi connectivity index (χ4v) is 0.608. The van der Waals surface area contributed by atoms with Crippen LogP contribution in [0.5, 0.6) is 0 Å². The SMILES string of the molecule is CCn1ccnc1N. The Labute approximate surface area is 48.1 Å². The molecule has 1 aromatic rings. The first kappa shape index (κ1) is 5.15. The van der Waals surface area contributed by atoms with E-state index in [1.54, 1.807) is 6.20 Å². The van der Waals surface area contributed by atoms with E-state index >= 15 is 0 Å². The van der Waals surface area contributed by atoms with Crippen LogP contribution >= 0.6 is 0 Å². The van der Waals surface area contributed by atoms with Crippen molar-refractivity contribution in [3.63, 3.8) is 0 Å². The number of anilines is 1. The minimum atomic E-state index is 0.590. The average Bonchev–Trinajstić information content (AvgIpc) is 2.14. The molecule has 0 radical (unpaired) electrons. The van der Waals surface area contributed by atoms with E-state index in [1.165, 1.54) is 0 Å². The summed E-state index contributed by atoms with van der Waals surface area (Å²) in [5, 5.41) is 0. The van der Waals surface area contributed by atoms with E-state index in [0.29, 0.717) is 5.95 Å². The smallest absolute Gasteiger partial charge is 0.200 e. The Balaban J connectivity index is 2.92. The van der Waals surface area contributed by atoms with Gasteiger partial charge in [-0.1, -0.05) is 0 Å². The number of rotatable bonds is 1. The lowest BCUT2D eigenvalue weighted by Gasteiger charge is -1.94. The molecular weight excluding hydrogens is 102 g/mol. The first-order valence-corrected chi connectivity index (χ1v) is 2.61. The van der Waals surface area contributed by atoms with Crippen LogP contribution in [0.15, 0.2) is 12.4 Å². The third-order valence-electron chi connectivity index (χ3n) is 1.09. The van der Waals surface area contributed by atoms with Gasteiger partial charge < -0.3 is 10.3 Å². The van der Waals surface area contributed by atoms with Crippen LogP contribution in [0.25, 0.3) is 0 Å². The molecule has 0 fully saturated rings. The van der Waals surface area contributed by atoms with Gasteiger partial charge in [0.05, 0.1) is 0 Å². The molecule has 1 aromatic heterocycles. The molecule has 1 rings (SSSR count). The van der Waals surface area contributed by atoms with Crippen molar-refractivity contribution in [1.29, 1.82) is 0 Å². The topological polar surface area (TPSA) is 43.8 Å². The van der Waals surface area contributed by atoms with Crippen molar-refractivity contribution >= 4 is 5.95 Å². The summed E-state index contributed by atoms with van der Waals surface area (Å²) in [6.07, 6.45) is 3.55. The van der Waals surface area contributed by atoms with Crippen molar-refractivity contribution in [1.82, 2.24) is 9.55 Å². The van der Waals surface area contributed by atoms with Crippen molar-refractivity contribution in [3.05, 3.63) is 12.4 Å². The molecule has 0 atom stereocenters. The zero-order chi connectivity index (χ0) is 5.98. The fraction of sp³-hybridized carbons (Fsp3) is 0.400. The van der Waals surface area contributed by atoms with Crippen molar-refractivity contribution < 1.29 is 0 Å². The summed E-state index contributed by atoms with van der Waals surface area (Å²) >= 11 is 0. The third-order valence-corrected chi connectivity index (χ3v) is 1.09. The molecular formula is C5H9N3. The molecule has 3 heteroatoms. The molecule has 2 N–H and O–H groups in total. The highest BCUT2D eigenvalue weighted by Gasteiger charge is 1.89. The molecule has 8 heavy (non-hydrogen) atoms. The maximum absolute atomic E-state index is 5.40. The average molecular weight is 111 g/mol. The zero-order valence-electron chi connectivity index (χ0n) is 4.83. The number of nitrogen functional groups attached to an aromatic ring is 1. The first-order valence-electron chi connectivity index (χ1n) is 2.61. The highest BCUT2D eigenvalue weighted by molar-refractivity contribution is 5.15. The number of imidazole rings is 1. The van der Waals surface area contributed by atoms with Crippen LogP contribution in [0.4, 0.5) is 5.95 Å². The van der Waals surface area contributed by atoms with Gasteiger partial charge in [-0.2, -0.15) is 0 Å². The molecule has 0 spiro atoms. The van der Waals surface area contributed by atoms with Crippen molar-refractivity contribution in [2.45, 2.75) is 13.5 Å². The van der Waals surface area contributed by atoms with Gasteiger partial charge in [0.25, 0.3) is 0 Å². The first-order chi connectivity index (χ1) is 3.84. The van der Waals surface area contributed by atoms with Gasteiger partial charge in [0.15, 0.2) is 5.95 Å². The third kappa shape index (κ3) is 0.665. The van der Waals surface area contributed by atoms with Gasteiger partial charge in [-0.15, -0.1) is 0 Å². The predicted molar refractivity (Wildman–Crippen MR) is 32.3 cm³/mol. The number of hydrogen-bond acceptors (Lipinski definition) is 2. The summed E-state index contributed by atoms with van der Waals surface area (Å²) in [4.78, 5) is 3.83. The maximum Gasteiger partial charge on any atom is 0.200 e. The van der Waals surface area contributed by atoms with Crippen LogP contribution < -0.4 is 5.73 Å². The Morgan fingerprint density at radius 2 is 2.62 bits per heavy atom. The summed E-state index contributed by atoms with van der Waals surface area (Å²) in [6.45, 7) is 2.92. The molecule has 0 aromatic carbocycles. The minimum Gasteiger partial charge on any atom is -0.369 e. The number of aryl methyl sites for hydroxylation is 1. The van der Waals surface area contributed by atoms with Gasteiger partial charge in [0, 0.05) is 18.9 Å². The molecule has 44 valence electrons. The second-order valence-corrected chi connectivity index (χ2v) is 1.57. The highest BCUT2D eigenvalue weighted by atomic mass is 15.1. The molecule has 0 saturated carbocycles. The molecule has 0 bridgehead atoms. The van der Waals surface area contributed by atoms with Gasteiger partial charge in [-0.05, 0) is 6.92 Å². The Morgan fingerprint density at radius 3 is 2.88 bits per heavy atom. The Hall–Kier alpha value is -0.990. The highest BCUT2D eigenvalue weighted by Crippen LogP contribution is 1.95. The van der Waals surface area contributed by atoms with E-state index < -0.39 is 0 Å². The summed E-state index contributed by atoms with van der Waals surface area (Å²) in [6, 6.07) is 0. The second-order valence-electron chi connectivity index (χ2n) is 1.57. The van der Waals surface area contributed by atoms with Gasteiger partial charge in [0.2, 0.25) is 0 Å². The van der Waals surface area contributed by atoms with Crippen LogP contribution in [-0.4, -0.2) is 9.55 Å². The number of aromatic nitrogens is 2. The second kappa shape index (κ2) is 1.86. The summed E-state index contributed by atoms with van der Waals surface area (Å²) < 4.78 is 1.88.